The summed E-state index contributed by atoms with van der Waals surface area (Å²) < 4.78 is 28.7. The Morgan fingerprint density at radius 3 is 2.50 bits per heavy atom. The van der Waals surface area contributed by atoms with Crippen LogP contribution in [-0.2, 0) is 21.2 Å². The van der Waals surface area contributed by atoms with Crippen molar-refractivity contribution in [3.8, 4) is 0 Å². The predicted octanol–water partition coefficient (Wildman–Crippen LogP) is 4.05. The number of sulfonamides is 1. The van der Waals surface area contributed by atoms with Crippen molar-refractivity contribution in [2.45, 2.75) is 51.6 Å². The zero-order valence-electron chi connectivity index (χ0n) is 18.0. The highest BCUT2D eigenvalue weighted by Crippen LogP contribution is 2.70. The van der Waals surface area contributed by atoms with Gasteiger partial charge in [0.25, 0.3) is 5.91 Å². The highest BCUT2D eigenvalue weighted by molar-refractivity contribution is 8.38. The number of thioether (sulfide) groups is 2. The second kappa shape index (κ2) is 7.85. The van der Waals surface area contributed by atoms with Crippen molar-refractivity contribution in [3.63, 3.8) is 0 Å². The first-order valence-electron chi connectivity index (χ1n) is 10.4. The van der Waals surface area contributed by atoms with Gasteiger partial charge in [-0.25, -0.2) is 12.7 Å². The van der Waals surface area contributed by atoms with Crippen LogP contribution in [0.4, 0.5) is 0 Å². The van der Waals surface area contributed by atoms with Crippen LogP contribution in [0.2, 0.25) is 0 Å². The number of nitrogens with zero attached hydrogens (tertiary/aromatic N) is 2. The van der Waals surface area contributed by atoms with Crippen LogP contribution in [0.15, 0.2) is 35.3 Å². The first-order chi connectivity index (χ1) is 14.2. The number of benzene rings is 1. The molecule has 4 atom stereocenters. The van der Waals surface area contributed by atoms with Gasteiger partial charge in [-0.3, -0.25) is 9.79 Å². The smallest absolute Gasteiger partial charge is 0.261 e. The van der Waals surface area contributed by atoms with Crippen LogP contribution in [0.5, 0.6) is 0 Å². The third kappa shape index (κ3) is 3.34. The molecule has 1 saturated heterocycles. The summed E-state index contributed by atoms with van der Waals surface area (Å²) in [5, 5.41) is 0. The molecule has 3 fully saturated rings. The molecule has 164 valence electrons. The lowest BCUT2D eigenvalue weighted by Gasteiger charge is -2.37. The minimum Gasteiger partial charge on any atom is -0.271 e. The first kappa shape index (κ1) is 22.2. The van der Waals surface area contributed by atoms with Gasteiger partial charge in [-0.2, -0.15) is 0 Å². The summed E-state index contributed by atoms with van der Waals surface area (Å²) >= 11 is 2.98. The van der Waals surface area contributed by atoms with Gasteiger partial charge in [0.1, 0.15) is 10.4 Å². The molecular formula is C22H30N2O3S3. The van der Waals surface area contributed by atoms with Crippen molar-refractivity contribution < 1.29 is 13.2 Å². The molecule has 2 aliphatic carbocycles. The molecule has 3 aliphatic rings. The molecule has 0 unspecified atom stereocenters. The van der Waals surface area contributed by atoms with E-state index < -0.39 is 16.1 Å². The Kier molecular flexibility index (Phi) is 5.81. The van der Waals surface area contributed by atoms with E-state index in [1.54, 1.807) is 0 Å². The fourth-order valence-electron chi connectivity index (χ4n) is 6.07. The summed E-state index contributed by atoms with van der Waals surface area (Å²) in [7, 11) is -3.65. The first-order valence-corrected chi connectivity index (χ1v) is 14.5. The Morgan fingerprint density at radius 2 is 1.90 bits per heavy atom. The zero-order chi connectivity index (χ0) is 21.7. The van der Waals surface area contributed by atoms with E-state index in [0.717, 1.165) is 29.2 Å². The van der Waals surface area contributed by atoms with Gasteiger partial charge < -0.3 is 0 Å². The average Bonchev–Trinajstić information content (AvgIpc) is 3.19. The van der Waals surface area contributed by atoms with E-state index in [1.807, 2.05) is 42.8 Å². The van der Waals surface area contributed by atoms with Gasteiger partial charge in [0.15, 0.2) is 0 Å². The molecule has 1 spiro atoms. The molecule has 2 saturated carbocycles. The maximum atomic E-state index is 13.8. The fourth-order valence-corrected chi connectivity index (χ4v) is 9.77. The molecule has 1 aromatic carbocycles. The number of aliphatic imine (C=N–C) groups is 1. The third-order valence-electron chi connectivity index (χ3n) is 7.80. The monoisotopic (exact) mass is 469 g/mol. The van der Waals surface area contributed by atoms with Crippen LogP contribution in [-0.4, -0.2) is 53.4 Å². The quantitative estimate of drug-likeness (QED) is 0.288. The van der Waals surface area contributed by atoms with E-state index in [2.05, 4.69) is 13.8 Å². The van der Waals surface area contributed by atoms with Crippen molar-refractivity contribution in [2.24, 2.45) is 21.7 Å². The van der Waals surface area contributed by atoms with Crippen LogP contribution in [0.1, 0.15) is 38.7 Å². The molecule has 1 aromatic rings. The number of hydrogen-bond acceptors (Lipinski definition) is 6. The van der Waals surface area contributed by atoms with Crippen LogP contribution in [0.3, 0.4) is 0 Å². The van der Waals surface area contributed by atoms with Crippen LogP contribution >= 0.6 is 23.5 Å². The second-order valence-electron chi connectivity index (χ2n) is 9.26. The van der Waals surface area contributed by atoms with Gasteiger partial charge in [-0.1, -0.05) is 44.2 Å². The van der Waals surface area contributed by atoms with Crippen molar-refractivity contribution in [1.29, 1.82) is 0 Å². The maximum Gasteiger partial charge on any atom is 0.261 e. The zero-order valence-corrected chi connectivity index (χ0v) is 20.4. The van der Waals surface area contributed by atoms with Crippen LogP contribution in [0.25, 0.3) is 0 Å². The average molecular weight is 470 g/mol. The lowest BCUT2D eigenvalue weighted by molar-refractivity contribution is -0.130. The van der Waals surface area contributed by atoms with Crippen molar-refractivity contribution in [2.75, 3.05) is 18.3 Å². The molecule has 8 heteroatoms. The van der Waals surface area contributed by atoms with E-state index in [9.17, 15) is 13.2 Å². The van der Waals surface area contributed by atoms with Crippen molar-refractivity contribution in [1.82, 2.24) is 4.31 Å². The number of carbonyl (C=O) groups is 1. The Labute approximate surface area is 188 Å². The Balaban J connectivity index is 1.71. The van der Waals surface area contributed by atoms with Gasteiger partial charge in [0.05, 0.1) is 11.8 Å². The maximum absolute atomic E-state index is 13.8. The third-order valence-corrected chi connectivity index (χ3v) is 11.6. The van der Waals surface area contributed by atoms with E-state index in [0.29, 0.717) is 12.3 Å². The van der Waals surface area contributed by atoms with E-state index in [-0.39, 0.29) is 28.5 Å². The van der Waals surface area contributed by atoms with Gasteiger partial charge >= 0.3 is 0 Å². The largest absolute Gasteiger partial charge is 0.271 e. The van der Waals surface area contributed by atoms with Crippen molar-refractivity contribution >= 4 is 43.8 Å². The molecule has 5 nitrogen and oxygen atoms in total. The van der Waals surface area contributed by atoms with E-state index >= 15 is 0 Å². The Hall–Kier alpha value is -0.990. The topological polar surface area (TPSA) is 66.8 Å². The molecule has 0 radical (unpaired) electrons. The van der Waals surface area contributed by atoms with E-state index in [4.69, 9.17) is 4.99 Å². The highest BCUT2D eigenvalue weighted by atomic mass is 32.2. The van der Waals surface area contributed by atoms with E-state index in [1.165, 1.54) is 27.8 Å². The van der Waals surface area contributed by atoms with Crippen LogP contribution in [0, 0.1) is 16.7 Å². The van der Waals surface area contributed by atoms with Gasteiger partial charge in [-0.15, -0.1) is 23.5 Å². The summed E-state index contributed by atoms with van der Waals surface area (Å²) in [6.45, 7) is 4.40. The van der Waals surface area contributed by atoms with Crippen molar-refractivity contribution in [3.05, 3.63) is 35.9 Å². The lowest BCUT2D eigenvalue weighted by Crippen LogP contribution is -2.48. The SMILES string of the molecule is CSC(=[15N][13C@@H](Cc1ccccc1)[13C](=O)N1[C@@H]2C[C@H]3CC[C@]2(CS1(=O)=O)C3(C)C)SC. The number of amides is 1. The fraction of sp³-hybridized carbons (Fsp3) is 0.636. The molecule has 1 heterocycles. The summed E-state index contributed by atoms with van der Waals surface area (Å²) in [5.74, 6) is 0.224. The molecular weight excluding hydrogens is 439 g/mol. The molecule has 1 aliphatic heterocycles. The molecule has 0 N–H and O–H groups in total. The Morgan fingerprint density at radius 1 is 1.23 bits per heavy atom. The standard InChI is InChI=1S/C22H30N2O3S3/c1-21(2)16-10-11-22(21)14-30(26,27)24(18(22)13-16)19(25)17(23-20(28-3)29-4)12-15-8-6-5-7-9-15/h5-9,16-18H,10-14H2,1-4H3/t16-,17+,18-,22-/m1/s1/i17+1,19+1,23+1. The minimum atomic E-state index is -3.65. The molecule has 2 bridgehead atoms. The minimum absolute atomic E-state index is 0.0539. The summed E-state index contributed by atoms with van der Waals surface area (Å²) in [6, 6.07) is 8.79. The summed E-state index contributed by atoms with van der Waals surface area (Å²) in [5.41, 5.74) is 0.622. The highest BCUT2D eigenvalue weighted by Gasteiger charge is 2.72. The lowest BCUT2D eigenvalue weighted by atomic mass is 9.69. The molecule has 4 rings (SSSR count). The number of rotatable bonds is 4. The predicted molar refractivity (Wildman–Crippen MR) is 126 cm³/mol. The number of fused-ring (bicyclic) bond motifs is 1. The second-order valence-corrected chi connectivity index (χ2v) is 13.0. The van der Waals surface area contributed by atoms with Crippen LogP contribution < -0.4 is 0 Å². The van der Waals surface area contributed by atoms with Gasteiger partial charge in [-0.05, 0) is 48.7 Å². The number of carbonyl (C=O) groups excluding carboxylic acids is 1. The van der Waals surface area contributed by atoms with Gasteiger partial charge in [0, 0.05) is 11.8 Å². The molecule has 1 amide bonds. The Bertz CT molecular complexity index is 955. The normalized spacial score (nSPS) is 31.4. The summed E-state index contributed by atoms with van der Waals surface area (Å²) in [4.78, 5) is 18.5. The molecule has 30 heavy (non-hydrogen) atoms. The summed E-state index contributed by atoms with van der Waals surface area (Å²) in [6.07, 6.45) is 7.01. The number of hydrogen-bond donors (Lipinski definition) is 0. The molecule has 0 aromatic heterocycles. The van der Waals surface area contributed by atoms with Gasteiger partial charge in [0.2, 0.25) is 10.0 Å².